The Bertz CT molecular complexity index is 237. The Kier molecular flexibility index (Phi) is 8.15. The van der Waals surface area contributed by atoms with Crippen LogP contribution in [0.25, 0.3) is 0 Å². The first-order chi connectivity index (χ1) is 8.76. The highest BCUT2D eigenvalue weighted by atomic mass is 16.3. The molecule has 0 aromatic rings. The van der Waals surface area contributed by atoms with Crippen LogP contribution in [0.4, 0.5) is 0 Å². The minimum absolute atomic E-state index is 0.0978. The van der Waals surface area contributed by atoms with Crippen LogP contribution in [0.3, 0.4) is 0 Å². The molecule has 1 aliphatic heterocycles. The zero-order chi connectivity index (χ0) is 13.2. The average molecular weight is 253 g/mol. The van der Waals surface area contributed by atoms with Crippen molar-refractivity contribution < 1.29 is 5.11 Å². The van der Waals surface area contributed by atoms with Crippen LogP contribution in [-0.2, 0) is 0 Å². The van der Waals surface area contributed by atoms with Gasteiger partial charge in [0.1, 0.15) is 0 Å². The number of aliphatic hydroxyl groups excluding tert-OH is 1. The molecule has 0 aromatic heterocycles. The number of aliphatic hydroxyl groups is 1. The van der Waals surface area contributed by atoms with Crippen LogP contribution in [0.2, 0.25) is 0 Å². The van der Waals surface area contributed by atoms with Crippen molar-refractivity contribution in [2.24, 2.45) is 0 Å². The van der Waals surface area contributed by atoms with Crippen LogP contribution in [0.1, 0.15) is 71.6 Å². The Morgan fingerprint density at radius 2 is 2.00 bits per heavy atom. The third-order valence-electron chi connectivity index (χ3n) is 3.80. The molecule has 0 aromatic carbocycles. The number of rotatable bonds is 9. The summed E-state index contributed by atoms with van der Waals surface area (Å²) in [5, 5.41) is 9.87. The molecule has 0 spiro atoms. The van der Waals surface area contributed by atoms with Crippen molar-refractivity contribution in [3.63, 3.8) is 0 Å². The van der Waals surface area contributed by atoms with Crippen LogP contribution >= 0.6 is 0 Å². The smallest absolute Gasteiger partial charge is 0.0557 e. The second-order valence-electron chi connectivity index (χ2n) is 5.62. The van der Waals surface area contributed by atoms with E-state index in [2.05, 4.69) is 24.9 Å². The molecule has 1 atom stereocenters. The Morgan fingerprint density at radius 1 is 1.22 bits per heavy atom. The maximum absolute atomic E-state index is 9.87. The van der Waals surface area contributed by atoms with Crippen molar-refractivity contribution in [3.8, 4) is 0 Å². The molecule has 1 aliphatic rings. The monoisotopic (exact) mass is 253 g/mol. The van der Waals surface area contributed by atoms with Crippen LogP contribution < -0.4 is 0 Å². The molecule has 1 unspecified atom stereocenters. The highest BCUT2D eigenvalue weighted by Gasteiger charge is 2.11. The normalized spacial score (nSPS) is 17.7. The summed E-state index contributed by atoms with van der Waals surface area (Å²) in [4.78, 5) is 2.42. The standard InChI is InChI=1S/C16H31NO/c1-3-5-8-15-9-7-12-17(14-15)13-11-16(18)10-6-4-2/h14,16,18H,3-13H2,1-2H3. The molecular formula is C16H31NO. The molecule has 0 fully saturated rings. The van der Waals surface area contributed by atoms with Crippen LogP contribution in [0, 0.1) is 0 Å². The predicted molar refractivity (Wildman–Crippen MR) is 78.6 cm³/mol. The van der Waals surface area contributed by atoms with Gasteiger partial charge in [-0.3, -0.25) is 0 Å². The molecule has 1 heterocycles. The van der Waals surface area contributed by atoms with Crippen molar-refractivity contribution in [3.05, 3.63) is 11.8 Å². The van der Waals surface area contributed by atoms with Gasteiger partial charge in [0, 0.05) is 13.1 Å². The summed E-state index contributed by atoms with van der Waals surface area (Å²) in [6, 6.07) is 0. The third kappa shape index (κ3) is 6.44. The van der Waals surface area contributed by atoms with Gasteiger partial charge in [-0.15, -0.1) is 0 Å². The number of hydrogen-bond acceptors (Lipinski definition) is 2. The number of unbranched alkanes of at least 4 members (excludes halogenated alkanes) is 2. The first-order valence-electron chi connectivity index (χ1n) is 7.88. The molecule has 0 bridgehead atoms. The van der Waals surface area contributed by atoms with E-state index in [4.69, 9.17) is 0 Å². The fourth-order valence-electron chi connectivity index (χ4n) is 2.57. The van der Waals surface area contributed by atoms with Gasteiger partial charge in [-0.05, 0) is 44.7 Å². The average Bonchev–Trinajstić information content (AvgIpc) is 2.41. The second-order valence-corrected chi connectivity index (χ2v) is 5.62. The number of allylic oxidation sites excluding steroid dienone is 1. The van der Waals surface area contributed by atoms with Gasteiger partial charge < -0.3 is 10.0 Å². The van der Waals surface area contributed by atoms with Crippen molar-refractivity contribution in [1.82, 2.24) is 4.90 Å². The summed E-state index contributed by atoms with van der Waals surface area (Å²) in [7, 11) is 0. The van der Waals surface area contributed by atoms with Crippen LogP contribution in [0.5, 0.6) is 0 Å². The lowest BCUT2D eigenvalue weighted by Crippen LogP contribution is -2.26. The zero-order valence-corrected chi connectivity index (χ0v) is 12.3. The lowest BCUT2D eigenvalue weighted by molar-refractivity contribution is 0.138. The van der Waals surface area contributed by atoms with Gasteiger partial charge in [-0.25, -0.2) is 0 Å². The second kappa shape index (κ2) is 9.43. The van der Waals surface area contributed by atoms with Gasteiger partial charge in [-0.2, -0.15) is 0 Å². The summed E-state index contributed by atoms with van der Waals surface area (Å²) in [5.41, 5.74) is 1.62. The van der Waals surface area contributed by atoms with Gasteiger partial charge in [-0.1, -0.05) is 38.7 Å². The molecule has 18 heavy (non-hydrogen) atoms. The van der Waals surface area contributed by atoms with E-state index in [1.807, 2.05) is 0 Å². The molecule has 0 saturated heterocycles. The molecule has 1 N–H and O–H groups in total. The first kappa shape index (κ1) is 15.6. The Morgan fingerprint density at radius 3 is 2.72 bits per heavy atom. The summed E-state index contributed by atoms with van der Waals surface area (Å²) in [6.45, 7) is 6.64. The maximum Gasteiger partial charge on any atom is 0.0557 e. The van der Waals surface area contributed by atoms with E-state index in [0.717, 1.165) is 25.8 Å². The predicted octanol–water partition coefficient (Wildman–Crippen LogP) is 4.10. The van der Waals surface area contributed by atoms with E-state index in [0.29, 0.717) is 0 Å². The van der Waals surface area contributed by atoms with Crippen molar-refractivity contribution in [2.75, 3.05) is 13.1 Å². The topological polar surface area (TPSA) is 23.5 Å². The minimum atomic E-state index is -0.0978. The van der Waals surface area contributed by atoms with E-state index in [9.17, 15) is 5.11 Å². The van der Waals surface area contributed by atoms with Crippen LogP contribution in [0.15, 0.2) is 11.8 Å². The summed E-state index contributed by atoms with van der Waals surface area (Å²) >= 11 is 0. The summed E-state index contributed by atoms with van der Waals surface area (Å²) in [6.07, 6.45) is 13.0. The third-order valence-corrected chi connectivity index (χ3v) is 3.80. The van der Waals surface area contributed by atoms with E-state index in [1.165, 1.54) is 45.1 Å². The molecule has 0 amide bonds. The van der Waals surface area contributed by atoms with E-state index in [-0.39, 0.29) is 6.10 Å². The van der Waals surface area contributed by atoms with E-state index < -0.39 is 0 Å². The fourth-order valence-corrected chi connectivity index (χ4v) is 2.57. The molecule has 0 radical (unpaired) electrons. The highest BCUT2D eigenvalue weighted by Crippen LogP contribution is 2.20. The van der Waals surface area contributed by atoms with Crippen molar-refractivity contribution in [2.45, 2.75) is 77.7 Å². The maximum atomic E-state index is 9.87. The van der Waals surface area contributed by atoms with Gasteiger partial charge in [0.15, 0.2) is 0 Å². The Hall–Kier alpha value is -0.500. The largest absolute Gasteiger partial charge is 0.393 e. The molecule has 0 saturated carbocycles. The van der Waals surface area contributed by atoms with Gasteiger partial charge in [0.25, 0.3) is 0 Å². The summed E-state index contributed by atoms with van der Waals surface area (Å²) < 4.78 is 0. The lowest BCUT2D eigenvalue weighted by Gasteiger charge is -2.27. The quantitative estimate of drug-likeness (QED) is 0.669. The van der Waals surface area contributed by atoms with Crippen molar-refractivity contribution >= 4 is 0 Å². The van der Waals surface area contributed by atoms with Crippen molar-refractivity contribution in [1.29, 1.82) is 0 Å². The van der Waals surface area contributed by atoms with Gasteiger partial charge >= 0.3 is 0 Å². The van der Waals surface area contributed by atoms with Gasteiger partial charge in [0.05, 0.1) is 6.10 Å². The molecule has 2 nitrogen and oxygen atoms in total. The van der Waals surface area contributed by atoms with Crippen LogP contribution in [-0.4, -0.2) is 29.2 Å². The van der Waals surface area contributed by atoms with Gasteiger partial charge in [0.2, 0.25) is 0 Å². The Labute approximate surface area is 113 Å². The molecule has 0 aliphatic carbocycles. The zero-order valence-electron chi connectivity index (χ0n) is 12.3. The number of hydrogen-bond donors (Lipinski definition) is 1. The lowest BCUT2D eigenvalue weighted by atomic mass is 10.0. The fraction of sp³-hybridized carbons (Fsp3) is 0.875. The summed E-state index contributed by atoms with van der Waals surface area (Å²) in [5.74, 6) is 0. The molecular weight excluding hydrogens is 222 g/mol. The Balaban J connectivity index is 2.24. The van der Waals surface area contributed by atoms with E-state index in [1.54, 1.807) is 5.57 Å². The minimum Gasteiger partial charge on any atom is -0.393 e. The highest BCUT2D eigenvalue weighted by molar-refractivity contribution is 5.04. The molecule has 1 rings (SSSR count). The molecule has 2 heteroatoms. The molecule has 106 valence electrons. The van der Waals surface area contributed by atoms with E-state index >= 15 is 0 Å². The number of nitrogens with zero attached hydrogens (tertiary/aromatic N) is 1. The SMILES string of the molecule is CCCCC1=CN(CCC(O)CCCC)CCC1. The first-order valence-corrected chi connectivity index (χ1v) is 7.88.